The molecule has 1 aromatic carbocycles. The smallest absolute Gasteiger partial charge is 0.221 e. The number of hydrogen-bond acceptors (Lipinski definition) is 4. The predicted octanol–water partition coefficient (Wildman–Crippen LogP) is 2.28. The van der Waals surface area contributed by atoms with Crippen LogP contribution in [0.1, 0.15) is 20.3 Å². The first kappa shape index (κ1) is 16.1. The fraction of sp³-hybridized carbons (Fsp3) is 0.533. The zero-order valence-electron chi connectivity index (χ0n) is 12.7. The Morgan fingerprint density at radius 2 is 2.00 bits per heavy atom. The molecule has 0 radical (unpaired) electrons. The lowest BCUT2D eigenvalue weighted by molar-refractivity contribution is -0.120. The van der Waals surface area contributed by atoms with Crippen LogP contribution in [0, 0.1) is 5.92 Å². The van der Waals surface area contributed by atoms with Crippen LogP contribution in [0.3, 0.4) is 0 Å². The number of hydrogen-bond donors (Lipinski definition) is 2. The van der Waals surface area contributed by atoms with Gasteiger partial charge >= 0.3 is 0 Å². The zero-order chi connectivity index (χ0) is 15.0. The van der Waals surface area contributed by atoms with Crippen molar-refractivity contribution in [1.29, 1.82) is 0 Å². The largest absolute Gasteiger partial charge is 0.497 e. The van der Waals surface area contributed by atoms with Crippen molar-refractivity contribution in [3.63, 3.8) is 0 Å². The van der Waals surface area contributed by atoms with Gasteiger partial charge in [-0.3, -0.25) is 4.79 Å². The zero-order valence-corrected chi connectivity index (χ0v) is 12.7. The Kier molecular flexibility index (Phi) is 6.70. The van der Waals surface area contributed by atoms with Crippen LogP contribution >= 0.6 is 0 Å². The molecule has 0 heterocycles. The van der Waals surface area contributed by atoms with E-state index in [0.717, 1.165) is 11.4 Å². The summed E-state index contributed by atoms with van der Waals surface area (Å²) in [7, 11) is 3.22. The van der Waals surface area contributed by atoms with Gasteiger partial charge in [-0.2, -0.15) is 0 Å². The summed E-state index contributed by atoms with van der Waals surface area (Å²) in [5.41, 5.74) is 0.852. The molecular formula is C15H24N2O3. The molecule has 112 valence electrons. The van der Waals surface area contributed by atoms with Crippen molar-refractivity contribution in [3.05, 3.63) is 18.2 Å². The molecule has 0 aliphatic carbocycles. The van der Waals surface area contributed by atoms with E-state index in [4.69, 9.17) is 9.47 Å². The van der Waals surface area contributed by atoms with Crippen molar-refractivity contribution in [2.24, 2.45) is 5.92 Å². The summed E-state index contributed by atoms with van der Waals surface area (Å²) in [4.78, 5) is 11.6. The molecule has 0 saturated carbocycles. The van der Waals surface area contributed by atoms with Gasteiger partial charge in [0.1, 0.15) is 11.5 Å². The van der Waals surface area contributed by atoms with Crippen molar-refractivity contribution < 1.29 is 14.3 Å². The minimum absolute atomic E-state index is 0.0543. The maximum Gasteiger partial charge on any atom is 0.221 e. The number of methoxy groups -OCH3 is 2. The standard InChI is InChI=1S/C15H24N2O3/c1-11(2)10-17-15(18)7-8-16-13-6-5-12(19-3)9-14(13)20-4/h5-6,9,11,16H,7-8,10H2,1-4H3,(H,17,18). The molecule has 0 bridgehead atoms. The Morgan fingerprint density at radius 3 is 2.60 bits per heavy atom. The van der Waals surface area contributed by atoms with Crippen LogP contribution in [0.2, 0.25) is 0 Å². The molecular weight excluding hydrogens is 256 g/mol. The highest BCUT2D eigenvalue weighted by Crippen LogP contribution is 2.28. The quantitative estimate of drug-likeness (QED) is 0.767. The molecule has 0 fully saturated rings. The summed E-state index contributed by atoms with van der Waals surface area (Å²) < 4.78 is 10.4. The molecule has 0 atom stereocenters. The van der Waals surface area contributed by atoms with E-state index in [-0.39, 0.29) is 5.91 Å². The molecule has 0 unspecified atom stereocenters. The highest BCUT2D eigenvalue weighted by Gasteiger charge is 2.06. The van der Waals surface area contributed by atoms with Gasteiger partial charge in [-0.25, -0.2) is 0 Å². The second-order valence-electron chi connectivity index (χ2n) is 4.94. The highest BCUT2D eigenvalue weighted by atomic mass is 16.5. The van der Waals surface area contributed by atoms with E-state index in [9.17, 15) is 4.79 Å². The monoisotopic (exact) mass is 280 g/mol. The summed E-state index contributed by atoms with van der Waals surface area (Å²) in [6, 6.07) is 5.54. The van der Waals surface area contributed by atoms with Crippen LogP contribution in [0.25, 0.3) is 0 Å². The normalized spacial score (nSPS) is 10.2. The van der Waals surface area contributed by atoms with Crippen molar-refractivity contribution in [3.8, 4) is 11.5 Å². The van der Waals surface area contributed by atoms with Gasteiger partial charge in [0, 0.05) is 25.6 Å². The van der Waals surface area contributed by atoms with Crippen molar-refractivity contribution in [1.82, 2.24) is 5.32 Å². The Balaban J connectivity index is 2.43. The van der Waals surface area contributed by atoms with Gasteiger partial charge in [0.05, 0.1) is 19.9 Å². The molecule has 0 spiro atoms. The van der Waals surface area contributed by atoms with E-state index in [2.05, 4.69) is 24.5 Å². The van der Waals surface area contributed by atoms with Crippen LogP contribution in [-0.2, 0) is 4.79 Å². The van der Waals surface area contributed by atoms with Crippen LogP contribution in [0.5, 0.6) is 11.5 Å². The lowest BCUT2D eigenvalue weighted by Gasteiger charge is -2.12. The fourth-order valence-electron chi connectivity index (χ4n) is 1.66. The van der Waals surface area contributed by atoms with Crippen LogP contribution < -0.4 is 20.1 Å². The third-order valence-corrected chi connectivity index (χ3v) is 2.78. The molecule has 0 aromatic heterocycles. The predicted molar refractivity (Wildman–Crippen MR) is 80.5 cm³/mol. The minimum Gasteiger partial charge on any atom is -0.497 e. The lowest BCUT2D eigenvalue weighted by atomic mass is 10.2. The molecule has 20 heavy (non-hydrogen) atoms. The van der Waals surface area contributed by atoms with Gasteiger partial charge in [-0.1, -0.05) is 13.8 Å². The SMILES string of the molecule is COc1ccc(NCCC(=O)NCC(C)C)c(OC)c1. The number of anilines is 1. The van der Waals surface area contributed by atoms with E-state index in [1.165, 1.54) is 0 Å². The van der Waals surface area contributed by atoms with E-state index in [1.807, 2.05) is 12.1 Å². The van der Waals surface area contributed by atoms with Gasteiger partial charge in [0.25, 0.3) is 0 Å². The average Bonchev–Trinajstić information content (AvgIpc) is 2.45. The van der Waals surface area contributed by atoms with Gasteiger partial charge < -0.3 is 20.1 Å². The molecule has 0 aliphatic rings. The van der Waals surface area contributed by atoms with Crippen molar-refractivity contribution in [2.75, 3.05) is 32.6 Å². The maximum atomic E-state index is 11.6. The average molecular weight is 280 g/mol. The number of nitrogens with one attached hydrogen (secondary N) is 2. The summed E-state index contributed by atoms with van der Waals surface area (Å²) in [5.74, 6) is 1.96. The number of ether oxygens (including phenoxy) is 2. The van der Waals surface area contributed by atoms with Crippen LogP contribution in [0.15, 0.2) is 18.2 Å². The number of carbonyl (C=O) groups excluding carboxylic acids is 1. The third kappa shape index (κ3) is 5.38. The molecule has 1 aromatic rings. The second kappa shape index (κ2) is 8.30. The number of rotatable bonds is 8. The van der Waals surface area contributed by atoms with Gasteiger partial charge in [-0.15, -0.1) is 0 Å². The minimum atomic E-state index is 0.0543. The van der Waals surface area contributed by atoms with E-state index in [1.54, 1.807) is 20.3 Å². The van der Waals surface area contributed by atoms with Gasteiger partial charge in [0.15, 0.2) is 0 Å². The molecule has 5 nitrogen and oxygen atoms in total. The Bertz CT molecular complexity index is 433. The Morgan fingerprint density at radius 1 is 1.25 bits per heavy atom. The summed E-state index contributed by atoms with van der Waals surface area (Å²) >= 11 is 0. The summed E-state index contributed by atoms with van der Waals surface area (Å²) in [6.45, 7) is 5.42. The van der Waals surface area contributed by atoms with Gasteiger partial charge in [-0.05, 0) is 18.1 Å². The van der Waals surface area contributed by atoms with E-state index >= 15 is 0 Å². The van der Waals surface area contributed by atoms with E-state index in [0.29, 0.717) is 31.2 Å². The Labute approximate surface area is 120 Å². The number of amides is 1. The fourth-order valence-corrected chi connectivity index (χ4v) is 1.66. The van der Waals surface area contributed by atoms with Crippen molar-refractivity contribution >= 4 is 11.6 Å². The second-order valence-corrected chi connectivity index (χ2v) is 4.94. The van der Waals surface area contributed by atoms with E-state index < -0.39 is 0 Å². The topological polar surface area (TPSA) is 59.6 Å². The maximum absolute atomic E-state index is 11.6. The number of benzene rings is 1. The molecule has 1 amide bonds. The first-order valence-corrected chi connectivity index (χ1v) is 6.79. The molecule has 0 aliphatic heterocycles. The van der Waals surface area contributed by atoms with Crippen LogP contribution in [-0.4, -0.2) is 33.2 Å². The first-order chi connectivity index (χ1) is 9.56. The first-order valence-electron chi connectivity index (χ1n) is 6.79. The summed E-state index contributed by atoms with van der Waals surface area (Å²) in [5, 5.41) is 6.08. The Hall–Kier alpha value is -1.91. The lowest BCUT2D eigenvalue weighted by Crippen LogP contribution is -2.28. The molecule has 2 N–H and O–H groups in total. The van der Waals surface area contributed by atoms with Crippen LogP contribution in [0.4, 0.5) is 5.69 Å². The molecule has 1 rings (SSSR count). The third-order valence-electron chi connectivity index (χ3n) is 2.78. The molecule has 0 saturated heterocycles. The highest BCUT2D eigenvalue weighted by molar-refractivity contribution is 5.76. The van der Waals surface area contributed by atoms with Gasteiger partial charge in [0.2, 0.25) is 5.91 Å². The van der Waals surface area contributed by atoms with Crippen molar-refractivity contribution in [2.45, 2.75) is 20.3 Å². The summed E-state index contributed by atoms with van der Waals surface area (Å²) in [6.07, 6.45) is 0.432. The number of carbonyl (C=O) groups is 1. The molecule has 5 heteroatoms.